The van der Waals surface area contributed by atoms with Crippen molar-refractivity contribution in [2.75, 3.05) is 20.1 Å². The molecule has 0 aliphatic rings. The Morgan fingerprint density at radius 3 is 1.92 bits per heavy atom. The topological polar surface area (TPSA) is 228 Å². The third kappa shape index (κ3) is 12.3. The van der Waals surface area contributed by atoms with Crippen LogP contribution in [0.25, 0.3) is 22.2 Å². The molecule has 0 radical (unpaired) electrons. The Balaban J connectivity index is 0.000000254. The maximum absolute atomic E-state index is 16.3. The lowest BCUT2D eigenvalue weighted by molar-refractivity contribution is -0.166. The van der Waals surface area contributed by atoms with Gasteiger partial charge in [0.15, 0.2) is 5.58 Å². The predicted octanol–water partition coefficient (Wildman–Crippen LogP) is 7.86. The van der Waals surface area contributed by atoms with E-state index in [0.717, 1.165) is 43.4 Å². The van der Waals surface area contributed by atoms with Gasteiger partial charge in [-0.1, -0.05) is 62.6 Å². The molecule has 0 aliphatic carbocycles. The standard InChI is InChI=1S/C29H36FN5O2.C20H18O8/c1-5-7-24-19(17-33-34-24)9-13-35(4)14-10-21-26(18(3)6-2)23(29(31)36)16-22(27(21)30)20-8-12-32-25-11-15-37-28(20)25;1-11-3-7-13(8-4-11)19(25)27-15(17(21)22)16(18(23)24)28-20(26)14-9-5-12(2)6-10-14/h8,11-12,15-18H,5-7,9-10,13-14H2,1-4H3,(H2,31,36)(H,33,34);3-10,15-16H,1-2H3,(H,21,22)(H,23,24). The van der Waals surface area contributed by atoms with Gasteiger partial charge in [-0.2, -0.15) is 5.10 Å². The minimum absolute atomic E-state index is 0.0186. The van der Waals surface area contributed by atoms with Crippen LogP contribution < -0.4 is 5.73 Å². The number of benzene rings is 3. The number of hydrogen-bond donors (Lipinski definition) is 4. The van der Waals surface area contributed by atoms with Crippen LogP contribution in [-0.4, -0.2) is 92.4 Å². The van der Waals surface area contributed by atoms with Crippen LogP contribution in [0.2, 0.25) is 0 Å². The molecule has 65 heavy (non-hydrogen) atoms. The third-order valence-electron chi connectivity index (χ3n) is 11.0. The molecule has 6 rings (SSSR count). The van der Waals surface area contributed by atoms with Crippen molar-refractivity contribution in [3.8, 4) is 11.1 Å². The highest BCUT2D eigenvalue weighted by Gasteiger charge is 2.41. The average Bonchev–Trinajstić information content (AvgIpc) is 3.96. The zero-order chi connectivity index (χ0) is 47.4. The van der Waals surface area contributed by atoms with Crippen LogP contribution in [0, 0.1) is 19.7 Å². The molecule has 0 bridgehead atoms. The van der Waals surface area contributed by atoms with Crippen LogP contribution in [0.15, 0.2) is 89.8 Å². The van der Waals surface area contributed by atoms with Gasteiger partial charge in [-0.15, -0.1) is 0 Å². The first-order valence-electron chi connectivity index (χ1n) is 21.2. The Hall–Kier alpha value is -7.20. The zero-order valence-corrected chi connectivity index (χ0v) is 37.2. The van der Waals surface area contributed by atoms with Crippen molar-refractivity contribution >= 4 is 40.9 Å². The molecule has 6 aromatic rings. The summed E-state index contributed by atoms with van der Waals surface area (Å²) in [4.78, 5) is 66.4. The van der Waals surface area contributed by atoms with Gasteiger partial charge in [0.05, 0.1) is 23.6 Å². The Bertz CT molecular complexity index is 2550. The normalized spacial score (nSPS) is 12.5. The Morgan fingerprint density at radius 2 is 1.40 bits per heavy atom. The number of nitrogens with two attached hydrogens (primary N) is 1. The number of esters is 2. The van der Waals surface area contributed by atoms with E-state index in [1.807, 2.05) is 27.1 Å². The van der Waals surface area contributed by atoms with Crippen molar-refractivity contribution in [3.63, 3.8) is 0 Å². The second kappa shape index (κ2) is 22.4. The highest BCUT2D eigenvalue weighted by molar-refractivity contribution is 5.99. The number of hydrogen-bond acceptors (Lipinski definition) is 11. The number of halogens is 1. The average molecular weight is 892 g/mol. The molecule has 1 amide bonds. The summed E-state index contributed by atoms with van der Waals surface area (Å²) < 4.78 is 31.6. The van der Waals surface area contributed by atoms with Gasteiger partial charge in [-0.3, -0.25) is 14.9 Å². The number of aromatic nitrogens is 3. The first-order chi connectivity index (χ1) is 31.0. The summed E-state index contributed by atoms with van der Waals surface area (Å²) in [5, 5.41) is 25.9. The van der Waals surface area contributed by atoms with Crippen molar-refractivity contribution in [2.24, 2.45) is 5.73 Å². The van der Waals surface area contributed by atoms with Crippen LogP contribution in [0.4, 0.5) is 4.39 Å². The number of pyridine rings is 1. The largest absolute Gasteiger partial charge is 0.478 e. The minimum Gasteiger partial charge on any atom is -0.478 e. The number of carboxylic acids is 2. The van der Waals surface area contributed by atoms with Gasteiger partial charge in [0.25, 0.3) is 0 Å². The molecule has 3 heterocycles. The number of H-pyrrole nitrogens is 1. The number of ether oxygens (including phenoxy) is 2. The highest BCUT2D eigenvalue weighted by Crippen LogP contribution is 2.38. The first-order valence-corrected chi connectivity index (χ1v) is 21.2. The minimum atomic E-state index is -2.22. The number of furan rings is 1. The Labute approximate surface area is 375 Å². The molecule has 0 saturated heterocycles. The van der Waals surface area contributed by atoms with Crippen LogP contribution in [0.3, 0.4) is 0 Å². The number of rotatable bonds is 19. The summed E-state index contributed by atoms with van der Waals surface area (Å²) in [7, 11) is 2.04. The molecular formula is C49H54FN5O10. The molecule has 3 aromatic heterocycles. The van der Waals surface area contributed by atoms with Crippen molar-refractivity contribution in [1.29, 1.82) is 0 Å². The lowest BCUT2D eigenvalue weighted by Crippen LogP contribution is -2.45. The number of carbonyl (C=O) groups is 5. The fraction of sp³-hybridized carbons (Fsp3) is 0.327. The quantitative estimate of drug-likeness (QED) is 0.0569. The number of amides is 1. The van der Waals surface area contributed by atoms with E-state index in [-0.39, 0.29) is 22.9 Å². The highest BCUT2D eigenvalue weighted by atomic mass is 19.1. The number of likely N-dealkylation sites (N-methyl/N-ethyl adjacent to an activating group) is 1. The Kier molecular flexibility index (Phi) is 16.8. The number of fused-ring (bicyclic) bond motifs is 1. The van der Waals surface area contributed by atoms with Gasteiger partial charge in [0.2, 0.25) is 18.1 Å². The summed E-state index contributed by atoms with van der Waals surface area (Å²) in [5.41, 5.74) is 13.6. The first kappa shape index (κ1) is 48.8. The summed E-state index contributed by atoms with van der Waals surface area (Å²) >= 11 is 0. The fourth-order valence-corrected chi connectivity index (χ4v) is 7.20. The molecule has 0 aliphatic heterocycles. The predicted molar refractivity (Wildman–Crippen MR) is 240 cm³/mol. The number of aliphatic carboxylic acids is 2. The van der Waals surface area contributed by atoms with Crippen LogP contribution >= 0.6 is 0 Å². The molecule has 16 heteroatoms. The van der Waals surface area contributed by atoms with Gasteiger partial charge < -0.3 is 34.7 Å². The zero-order valence-electron chi connectivity index (χ0n) is 37.2. The maximum atomic E-state index is 16.3. The van der Waals surface area contributed by atoms with E-state index < -0.39 is 42.0 Å². The van der Waals surface area contributed by atoms with E-state index in [4.69, 9.17) is 19.6 Å². The van der Waals surface area contributed by atoms with Crippen molar-refractivity contribution in [3.05, 3.63) is 141 Å². The summed E-state index contributed by atoms with van der Waals surface area (Å²) in [5.74, 6) is -6.53. The van der Waals surface area contributed by atoms with Gasteiger partial charge in [-0.05, 0) is 106 Å². The van der Waals surface area contributed by atoms with Crippen molar-refractivity contribution in [1.82, 2.24) is 20.1 Å². The molecule has 15 nitrogen and oxygen atoms in total. The molecule has 0 spiro atoms. The number of aromatic amines is 1. The number of primary amides is 1. The van der Waals surface area contributed by atoms with E-state index in [1.54, 1.807) is 62.5 Å². The van der Waals surface area contributed by atoms with Gasteiger partial charge >= 0.3 is 23.9 Å². The monoisotopic (exact) mass is 891 g/mol. The Morgan fingerprint density at radius 1 is 0.831 bits per heavy atom. The fourth-order valence-electron chi connectivity index (χ4n) is 7.20. The van der Waals surface area contributed by atoms with E-state index >= 15 is 4.39 Å². The molecule has 3 aromatic carbocycles. The molecule has 5 N–H and O–H groups in total. The molecule has 3 atom stereocenters. The van der Waals surface area contributed by atoms with Crippen molar-refractivity contribution in [2.45, 2.75) is 84.8 Å². The van der Waals surface area contributed by atoms with E-state index in [9.17, 15) is 34.2 Å². The second-order valence-electron chi connectivity index (χ2n) is 15.8. The number of carbonyl (C=O) groups excluding carboxylic acids is 3. The van der Waals surface area contributed by atoms with Crippen molar-refractivity contribution < 1.29 is 52.5 Å². The molecule has 3 unspecified atom stereocenters. The van der Waals surface area contributed by atoms with Crippen LogP contribution in [-0.2, 0) is 38.3 Å². The summed E-state index contributed by atoms with van der Waals surface area (Å²) in [6.45, 7) is 11.2. The summed E-state index contributed by atoms with van der Waals surface area (Å²) in [6.07, 6.45) is 4.72. The van der Waals surface area contributed by atoms with Gasteiger partial charge in [0, 0.05) is 47.7 Å². The molecular weight excluding hydrogens is 838 g/mol. The van der Waals surface area contributed by atoms with Gasteiger partial charge in [0.1, 0.15) is 11.3 Å². The lowest BCUT2D eigenvalue weighted by atomic mass is 9.84. The number of aryl methyl sites for hydroxylation is 3. The maximum Gasteiger partial charge on any atom is 0.349 e. The number of nitrogens with zero attached hydrogens (tertiary/aromatic N) is 3. The van der Waals surface area contributed by atoms with E-state index in [1.165, 1.54) is 41.8 Å². The van der Waals surface area contributed by atoms with E-state index in [2.05, 4.69) is 27.0 Å². The van der Waals surface area contributed by atoms with Crippen LogP contribution in [0.5, 0.6) is 0 Å². The molecule has 0 saturated carbocycles. The van der Waals surface area contributed by atoms with E-state index in [0.29, 0.717) is 51.9 Å². The number of nitrogens with one attached hydrogen (secondary N) is 1. The number of carboxylic acid groups (broad SMARTS) is 2. The summed E-state index contributed by atoms with van der Waals surface area (Å²) in [6, 6.07) is 17.1. The van der Waals surface area contributed by atoms with Gasteiger partial charge in [-0.25, -0.2) is 23.6 Å². The SMILES string of the molecule is CCCc1[nH]ncc1CCN(C)CCc1c(F)c(-c2ccnc3ccoc23)cc(C(N)=O)c1C(C)CC.Cc1ccc(C(=O)OC(C(=O)O)C(OC(=O)c2ccc(C)cc2)C(=O)O)cc1. The second-order valence-corrected chi connectivity index (χ2v) is 15.8. The third-order valence-corrected chi connectivity index (χ3v) is 11.0. The lowest BCUT2D eigenvalue weighted by Gasteiger charge is -2.23. The molecule has 342 valence electrons. The molecule has 0 fully saturated rings. The van der Waals surface area contributed by atoms with Crippen LogP contribution in [0.1, 0.15) is 104 Å². The smallest absolute Gasteiger partial charge is 0.349 e.